The van der Waals surface area contributed by atoms with Gasteiger partial charge in [0.15, 0.2) is 5.82 Å². The van der Waals surface area contributed by atoms with E-state index in [0.29, 0.717) is 36.2 Å². The predicted molar refractivity (Wildman–Crippen MR) is 106 cm³/mol. The molecule has 0 atom stereocenters. The fourth-order valence-electron chi connectivity index (χ4n) is 2.27. The average Bonchev–Trinajstić information content (AvgIpc) is 2.68. The molecule has 3 aromatic rings. The van der Waals surface area contributed by atoms with Gasteiger partial charge in [-0.05, 0) is 48.9 Å². The Bertz CT molecular complexity index is 916. The summed E-state index contributed by atoms with van der Waals surface area (Å²) in [6, 6.07) is 12.7. The van der Waals surface area contributed by atoms with E-state index in [-0.39, 0.29) is 0 Å². The maximum Gasteiger partial charge on any atom is 0.319 e. The summed E-state index contributed by atoms with van der Waals surface area (Å²) in [5, 5.41) is 19.5. The molecule has 0 aliphatic carbocycles. The summed E-state index contributed by atoms with van der Waals surface area (Å²) >= 11 is 0. The monoisotopic (exact) mass is 381 g/mol. The highest BCUT2D eigenvalue weighted by molar-refractivity contribution is 5.89. The molecule has 0 bridgehead atoms. The van der Waals surface area contributed by atoms with Gasteiger partial charge in [0.25, 0.3) is 0 Å². The maximum absolute atomic E-state index is 13.1. The maximum atomic E-state index is 13.1. The van der Waals surface area contributed by atoms with Gasteiger partial charge in [-0.15, -0.1) is 10.2 Å². The van der Waals surface area contributed by atoms with Crippen LogP contribution < -0.4 is 21.3 Å². The number of anilines is 4. The van der Waals surface area contributed by atoms with Crippen LogP contribution in [0.15, 0.2) is 54.7 Å². The SMILES string of the molecule is Cc1ccc(Nc2ccc(NCCNC(=O)Nc3cccc(F)c3)nn2)nc1. The quantitative estimate of drug-likeness (QED) is 0.468. The van der Waals surface area contributed by atoms with Crippen LogP contribution in [-0.2, 0) is 0 Å². The van der Waals surface area contributed by atoms with E-state index in [4.69, 9.17) is 0 Å². The summed E-state index contributed by atoms with van der Waals surface area (Å²) in [5.41, 5.74) is 1.47. The first kappa shape index (κ1) is 19.0. The minimum Gasteiger partial charge on any atom is -0.367 e. The zero-order valence-corrected chi connectivity index (χ0v) is 15.2. The lowest BCUT2D eigenvalue weighted by molar-refractivity contribution is 0.252. The van der Waals surface area contributed by atoms with E-state index in [1.165, 1.54) is 18.2 Å². The Balaban J connectivity index is 1.39. The van der Waals surface area contributed by atoms with Crippen molar-refractivity contribution in [1.29, 1.82) is 0 Å². The molecule has 4 N–H and O–H groups in total. The summed E-state index contributed by atoms with van der Waals surface area (Å²) in [7, 11) is 0. The number of carbonyl (C=O) groups excluding carboxylic acids is 1. The van der Waals surface area contributed by atoms with Gasteiger partial charge in [-0.2, -0.15) is 0 Å². The van der Waals surface area contributed by atoms with Gasteiger partial charge in [-0.3, -0.25) is 0 Å². The minimum atomic E-state index is -0.413. The van der Waals surface area contributed by atoms with Crippen LogP contribution in [0.4, 0.5) is 32.3 Å². The molecule has 0 radical (unpaired) electrons. The number of carbonyl (C=O) groups is 1. The number of nitrogens with one attached hydrogen (secondary N) is 4. The average molecular weight is 381 g/mol. The fourth-order valence-corrected chi connectivity index (χ4v) is 2.27. The molecule has 0 fully saturated rings. The second kappa shape index (κ2) is 9.26. The van der Waals surface area contributed by atoms with Gasteiger partial charge in [0.1, 0.15) is 17.5 Å². The van der Waals surface area contributed by atoms with Gasteiger partial charge >= 0.3 is 6.03 Å². The molecule has 1 aromatic carbocycles. The Hall–Kier alpha value is -3.75. The van der Waals surface area contributed by atoms with Crippen LogP contribution in [-0.4, -0.2) is 34.3 Å². The molecular weight excluding hydrogens is 361 g/mol. The van der Waals surface area contributed by atoms with Gasteiger partial charge in [0.05, 0.1) is 0 Å². The Kier molecular flexibility index (Phi) is 6.29. The van der Waals surface area contributed by atoms with Crippen molar-refractivity contribution in [3.63, 3.8) is 0 Å². The van der Waals surface area contributed by atoms with E-state index in [9.17, 15) is 9.18 Å². The molecule has 0 spiro atoms. The normalized spacial score (nSPS) is 10.2. The first-order valence-corrected chi connectivity index (χ1v) is 8.66. The highest BCUT2D eigenvalue weighted by Gasteiger charge is 2.03. The molecule has 3 rings (SSSR count). The second-order valence-electron chi connectivity index (χ2n) is 5.97. The van der Waals surface area contributed by atoms with Crippen LogP contribution in [0, 0.1) is 12.7 Å². The number of aromatic nitrogens is 3. The summed E-state index contributed by atoms with van der Waals surface area (Å²) in [5.74, 6) is 1.44. The molecule has 8 nitrogen and oxygen atoms in total. The largest absolute Gasteiger partial charge is 0.367 e. The number of hydrogen-bond donors (Lipinski definition) is 4. The lowest BCUT2D eigenvalue weighted by Gasteiger charge is -2.09. The topological polar surface area (TPSA) is 104 Å². The minimum absolute atomic E-state index is 0.357. The molecule has 0 unspecified atom stereocenters. The van der Waals surface area contributed by atoms with Crippen molar-refractivity contribution in [1.82, 2.24) is 20.5 Å². The zero-order valence-electron chi connectivity index (χ0n) is 15.2. The summed E-state index contributed by atoms with van der Waals surface area (Å²) in [6.07, 6.45) is 1.77. The van der Waals surface area contributed by atoms with E-state index < -0.39 is 11.8 Å². The van der Waals surface area contributed by atoms with Crippen molar-refractivity contribution in [2.75, 3.05) is 29.0 Å². The van der Waals surface area contributed by atoms with E-state index in [2.05, 4.69) is 36.4 Å². The highest BCUT2D eigenvalue weighted by Crippen LogP contribution is 2.12. The smallest absolute Gasteiger partial charge is 0.319 e. The molecule has 144 valence electrons. The highest BCUT2D eigenvalue weighted by atomic mass is 19.1. The van der Waals surface area contributed by atoms with Crippen molar-refractivity contribution in [2.45, 2.75) is 6.92 Å². The lowest BCUT2D eigenvalue weighted by Crippen LogP contribution is -2.32. The van der Waals surface area contributed by atoms with Crippen molar-refractivity contribution in [3.05, 3.63) is 66.1 Å². The van der Waals surface area contributed by atoms with Gasteiger partial charge in [-0.25, -0.2) is 14.2 Å². The van der Waals surface area contributed by atoms with Crippen molar-refractivity contribution >= 4 is 29.2 Å². The first-order chi connectivity index (χ1) is 13.6. The standard InChI is InChI=1S/C19H20FN7O/c1-13-5-6-16(23-12-13)25-18-8-7-17(26-27-18)21-9-10-22-19(28)24-15-4-2-3-14(20)11-15/h2-8,11-12H,9-10H2,1H3,(H,21,26)(H2,22,24,28)(H,23,25,27). The molecule has 2 aromatic heterocycles. The summed E-state index contributed by atoms with van der Waals surface area (Å²) < 4.78 is 13.1. The van der Waals surface area contributed by atoms with E-state index in [1.54, 1.807) is 24.4 Å². The molecule has 9 heteroatoms. The number of nitrogens with zero attached hydrogens (tertiary/aromatic N) is 3. The number of benzene rings is 1. The molecule has 2 heterocycles. The Morgan fingerprint density at radius 2 is 1.79 bits per heavy atom. The molecule has 0 aliphatic heterocycles. The van der Waals surface area contributed by atoms with Crippen molar-refractivity contribution < 1.29 is 9.18 Å². The van der Waals surface area contributed by atoms with Gasteiger partial charge in [0.2, 0.25) is 0 Å². The van der Waals surface area contributed by atoms with Crippen LogP contribution in [0.2, 0.25) is 0 Å². The number of rotatable bonds is 7. The zero-order chi connectivity index (χ0) is 19.8. The van der Waals surface area contributed by atoms with E-state index >= 15 is 0 Å². The van der Waals surface area contributed by atoms with E-state index in [1.807, 2.05) is 19.1 Å². The molecular formula is C19H20FN7O. The summed E-state index contributed by atoms with van der Waals surface area (Å²) in [4.78, 5) is 16.0. The molecule has 28 heavy (non-hydrogen) atoms. The number of aryl methyl sites for hydroxylation is 1. The predicted octanol–water partition coefficient (Wildman–Crippen LogP) is 3.30. The van der Waals surface area contributed by atoms with Crippen molar-refractivity contribution in [3.8, 4) is 0 Å². The number of hydrogen-bond acceptors (Lipinski definition) is 6. The van der Waals surface area contributed by atoms with Gasteiger partial charge < -0.3 is 21.3 Å². The lowest BCUT2D eigenvalue weighted by atomic mass is 10.3. The van der Waals surface area contributed by atoms with Crippen LogP contribution in [0.3, 0.4) is 0 Å². The Morgan fingerprint density at radius 1 is 1.00 bits per heavy atom. The van der Waals surface area contributed by atoms with Crippen molar-refractivity contribution in [2.24, 2.45) is 0 Å². The molecule has 0 saturated carbocycles. The first-order valence-electron chi connectivity index (χ1n) is 8.66. The number of pyridine rings is 1. The Labute approximate surface area is 161 Å². The number of amides is 2. The van der Waals surface area contributed by atoms with Gasteiger partial charge in [-0.1, -0.05) is 12.1 Å². The third kappa shape index (κ3) is 5.90. The van der Waals surface area contributed by atoms with Crippen LogP contribution >= 0.6 is 0 Å². The number of halogens is 1. The third-order valence-corrected chi connectivity index (χ3v) is 3.63. The second-order valence-corrected chi connectivity index (χ2v) is 5.97. The summed E-state index contributed by atoms with van der Waals surface area (Å²) in [6.45, 7) is 2.78. The van der Waals surface area contributed by atoms with Crippen LogP contribution in [0.1, 0.15) is 5.56 Å². The fraction of sp³-hybridized carbons (Fsp3) is 0.158. The Morgan fingerprint density at radius 3 is 2.50 bits per heavy atom. The van der Waals surface area contributed by atoms with Gasteiger partial charge in [0, 0.05) is 25.0 Å². The van der Waals surface area contributed by atoms with Crippen LogP contribution in [0.5, 0.6) is 0 Å². The molecule has 0 saturated heterocycles. The van der Waals surface area contributed by atoms with Crippen LogP contribution in [0.25, 0.3) is 0 Å². The van der Waals surface area contributed by atoms with E-state index in [0.717, 1.165) is 5.56 Å². The molecule has 2 amide bonds. The molecule has 0 aliphatic rings. The third-order valence-electron chi connectivity index (χ3n) is 3.63. The number of urea groups is 1.